The van der Waals surface area contributed by atoms with E-state index in [0.717, 1.165) is 68.1 Å². The molecular formula is C76H68Cl2N8O17S2. The van der Waals surface area contributed by atoms with Crippen LogP contribution in [0.4, 0.5) is 0 Å². The standard InChI is InChI=1S/C38H33ClN4O8S.C25H20ClN3O6.C13H15NO3S/c39-28-18-29-36(43-38(41-29)51-31-20-50-34-30(44)19-49-35(31)34)42-33(28)24-13-9-21(10-14-24)22-11-15-25(16-12-22)37(45)40-17-3-5-23-4-1-7-27-26(23)6-2-8-32(27)52(46,47)48;26-16-9-17-23(29-25(27-17)35-19-11-34-21-18(30)10-33-22(19)21)28-20(16)14-5-1-12(2-6-14)13-3-7-15(8-4-13)24(31)32;14-9-3-5-10-4-1-7-12-11(10)6-2-8-13(12)18(15,16)17/h1-2,4,6-16,18,30-31,34-35,44H,3,5,17,19-20H2,(H,40,45)(H,41,42,43)(H,46,47,48);1-9,18-19,21-22,30H,10-11H2,(H,31,32)(H,27,28,29);1-2,4,6-8H,3,5,9,14H2,(H,15,16,17)/t30-,31-,34-,35-;18-,19-,21-,22-;/m11./s1. The minimum absolute atomic E-state index is 0.0467. The molecule has 0 spiro atoms. The third kappa shape index (κ3) is 15.8. The van der Waals surface area contributed by atoms with Gasteiger partial charge in [0.2, 0.25) is 0 Å². The monoisotopic (exact) mass is 1500 g/mol. The molecule has 4 aromatic heterocycles. The molecule has 4 aliphatic heterocycles. The van der Waals surface area contributed by atoms with Crippen molar-refractivity contribution < 1.29 is 79.3 Å². The predicted octanol–water partition coefficient (Wildman–Crippen LogP) is 11.1. The van der Waals surface area contributed by atoms with E-state index in [1.54, 1.807) is 84.9 Å². The quantitative estimate of drug-likeness (QED) is 0.0268. The summed E-state index contributed by atoms with van der Waals surface area (Å²) in [5.74, 6) is -1.15. The van der Waals surface area contributed by atoms with E-state index in [0.29, 0.717) is 92.6 Å². The topological polar surface area (TPSA) is 380 Å². The minimum Gasteiger partial charge on any atom is -0.478 e. The Labute approximate surface area is 610 Å². The number of ether oxygens (including phenoxy) is 6. The fourth-order valence-corrected chi connectivity index (χ4v) is 15.3. The molecule has 4 fully saturated rings. The molecule has 0 radical (unpaired) electrons. The first kappa shape index (κ1) is 72.1. The van der Waals surface area contributed by atoms with Crippen molar-refractivity contribution in [3.63, 3.8) is 0 Å². The van der Waals surface area contributed by atoms with Gasteiger partial charge in [-0.25, -0.2) is 14.8 Å². The van der Waals surface area contributed by atoms with Crippen LogP contribution < -0.4 is 20.5 Å². The van der Waals surface area contributed by atoms with E-state index in [4.69, 9.17) is 67.4 Å². The number of fused-ring (bicyclic) bond motifs is 6. The van der Waals surface area contributed by atoms with Crippen molar-refractivity contribution in [2.24, 2.45) is 5.73 Å². The van der Waals surface area contributed by atoms with Crippen LogP contribution in [-0.2, 0) is 52.0 Å². The number of carboxylic acid groups (broad SMARTS) is 1. The number of carbonyl (C=O) groups excluding carboxylic acids is 1. The molecule has 0 saturated carbocycles. The van der Waals surface area contributed by atoms with Gasteiger partial charge in [0.1, 0.15) is 46.4 Å². The van der Waals surface area contributed by atoms with Gasteiger partial charge in [0.05, 0.1) is 64.5 Å². The molecule has 0 unspecified atom stereocenters. The first-order valence-electron chi connectivity index (χ1n) is 33.5. The smallest absolute Gasteiger partial charge is 0.335 e. The van der Waals surface area contributed by atoms with Gasteiger partial charge in [0.15, 0.2) is 23.5 Å². The number of nitrogens with one attached hydrogen (secondary N) is 3. The van der Waals surface area contributed by atoms with Crippen LogP contribution in [0.1, 0.15) is 44.7 Å². The molecule has 4 saturated heterocycles. The highest BCUT2D eigenvalue weighted by Crippen LogP contribution is 2.37. The zero-order valence-corrected chi connectivity index (χ0v) is 58.7. The number of aromatic amines is 2. The highest BCUT2D eigenvalue weighted by Gasteiger charge is 2.50. The number of pyridine rings is 2. The van der Waals surface area contributed by atoms with Crippen molar-refractivity contribution in [2.45, 2.75) is 84.3 Å². The number of aromatic carboxylic acids is 1. The molecule has 10 N–H and O–H groups in total. The Balaban J connectivity index is 0.000000150. The number of carboxylic acids is 1. The summed E-state index contributed by atoms with van der Waals surface area (Å²) in [5, 5.41) is 35.5. The van der Waals surface area contributed by atoms with Crippen LogP contribution in [-0.4, -0.2) is 171 Å². The van der Waals surface area contributed by atoms with Crippen LogP contribution in [0.15, 0.2) is 192 Å². The maximum Gasteiger partial charge on any atom is 0.335 e. The molecule has 105 heavy (non-hydrogen) atoms. The number of aliphatic hydroxyl groups is 2. The maximum absolute atomic E-state index is 12.9. The molecule has 25 nitrogen and oxygen atoms in total. The van der Waals surface area contributed by atoms with Crippen molar-refractivity contribution >= 4 is 99.2 Å². The molecule has 8 atom stereocenters. The van der Waals surface area contributed by atoms with E-state index in [1.165, 1.54) is 12.1 Å². The zero-order chi connectivity index (χ0) is 73.3. The molecule has 8 aromatic carbocycles. The van der Waals surface area contributed by atoms with Gasteiger partial charge in [-0.05, 0) is 125 Å². The summed E-state index contributed by atoms with van der Waals surface area (Å²) in [5.41, 5.74) is 16.9. The minimum atomic E-state index is -4.34. The molecule has 1 amide bonds. The summed E-state index contributed by atoms with van der Waals surface area (Å²) in [6, 6.07) is 54.1. The molecule has 540 valence electrons. The number of amides is 1. The van der Waals surface area contributed by atoms with Crippen LogP contribution in [0, 0.1) is 0 Å². The second kappa shape index (κ2) is 30.7. The Kier molecular flexibility index (Phi) is 21.1. The van der Waals surface area contributed by atoms with Crippen molar-refractivity contribution in [1.29, 1.82) is 0 Å². The number of rotatable bonds is 19. The third-order valence-corrected chi connectivity index (χ3v) is 21.0. The lowest BCUT2D eigenvalue weighted by Gasteiger charge is -2.15. The fourth-order valence-electron chi connectivity index (χ4n) is 13.4. The second-order valence-corrected chi connectivity index (χ2v) is 29.1. The molecule has 0 bridgehead atoms. The van der Waals surface area contributed by atoms with Crippen LogP contribution in [0.2, 0.25) is 10.0 Å². The number of nitrogens with two attached hydrogens (primary N) is 1. The molecule has 16 rings (SSSR count). The number of aromatic nitrogens is 6. The molecule has 12 aromatic rings. The first-order chi connectivity index (χ1) is 50.6. The van der Waals surface area contributed by atoms with Gasteiger partial charge in [-0.1, -0.05) is 157 Å². The summed E-state index contributed by atoms with van der Waals surface area (Å²) in [7, 11) is -8.53. The fraction of sp³-hybridized carbons (Fsp3) is 0.237. The van der Waals surface area contributed by atoms with E-state index in [9.17, 15) is 45.7 Å². The third-order valence-electron chi connectivity index (χ3n) is 18.6. The maximum atomic E-state index is 12.9. The van der Waals surface area contributed by atoms with E-state index in [2.05, 4.69) is 30.2 Å². The number of nitrogens with zero attached hydrogens (tertiary/aromatic N) is 4. The van der Waals surface area contributed by atoms with E-state index >= 15 is 0 Å². The van der Waals surface area contributed by atoms with Gasteiger partial charge >= 0.3 is 5.97 Å². The number of hydrogen-bond donors (Lipinski definition) is 9. The summed E-state index contributed by atoms with van der Waals surface area (Å²) in [6.45, 7) is 2.04. The summed E-state index contributed by atoms with van der Waals surface area (Å²) in [4.78, 5) is 48.2. The molecule has 4 aliphatic rings. The van der Waals surface area contributed by atoms with Crippen LogP contribution in [0.3, 0.4) is 0 Å². The molecule has 8 heterocycles. The van der Waals surface area contributed by atoms with Gasteiger partial charge in [0, 0.05) is 34.0 Å². The summed E-state index contributed by atoms with van der Waals surface area (Å²) < 4.78 is 99.4. The summed E-state index contributed by atoms with van der Waals surface area (Å²) >= 11 is 13.2. The van der Waals surface area contributed by atoms with Gasteiger partial charge in [-0.15, -0.1) is 0 Å². The summed E-state index contributed by atoms with van der Waals surface area (Å²) in [6.07, 6.45) is -0.715. The number of aryl methyl sites for hydroxylation is 2. The number of halogens is 2. The van der Waals surface area contributed by atoms with Crippen molar-refractivity contribution in [2.75, 3.05) is 39.5 Å². The van der Waals surface area contributed by atoms with Gasteiger partial charge in [0.25, 0.3) is 38.2 Å². The van der Waals surface area contributed by atoms with Crippen molar-refractivity contribution in [3.8, 4) is 56.8 Å². The lowest BCUT2D eigenvalue weighted by molar-refractivity contribution is 0.00703. The number of imidazole rings is 2. The van der Waals surface area contributed by atoms with Crippen LogP contribution in [0.25, 0.3) is 88.6 Å². The number of aliphatic hydroxyl groups excluding tert-OH is 2. The van der Waals surface area contributed by atoms with E-state index in [1.807, 2.05) is 84.9 Å². The van der Waals surface area contributed by atoms with Crippen molar-refractivity contribution in [3.05, 3.63) is 214 Å². The van der Waals surface area contributed by atoms with Crippen LogP contribution in [0.5, 0.6) is 12.0 Å². The average Bonchev–Trinajstić information content (AvgIpc) is 1.40. The van der Waals surface area contributed by atoms with Gasteiger partial charge < -0.3 is 64.8 Å². The SMILES string of the molecule is NCCCc1cccc2c(S(=O)(=O)O)cccc12.O=C(NCCCc1cccc2c(S(=O)(=O)O)cccc12)c1ccc(-c2ccc(-c3nc4nc(O[C@@H]5CO[C@H]6[C@@H]5OC[C@H]6O)[nH]c4cc3Cl)cc2)cc1.O=C(O)c1ccc(-c2ccc(-c3nc4nc(O[C@@H]5CO[C@H]6[C@@H]5OC[C@H]6O)[nH]c4cc3Cl)cc2)cc1. The number of H-pyrrole nitrogens is 2. The Morgan fingerprint density at radius 2 is 0.876 bits per heavy atom. The second-order valence-electron chi connectivity index (χ2n) is 25.5. The molecule has 0 aliphatic carbocycles. The van der Waals surface area contributed by atoms with E-state index < -0.39 is 50.6 Å². The van der Waals surface area contributed by atoms with E-state index in [-0.39, 0.29) is 77.5 Å². The first-order valence-corrected chi connectivity index (χ1v) is 37.1. The Morgan fingerprint density at radius 1 is 0.495 bits per heavy atom. The highest BCUT2D eigenvalue weighted by molar-refractivity contribution is 7.86. The zero-order valence-electron chi connectivity index (χ0n) is 55.6. The number of benzene rings is 8. The Bertz CT molecular complexity index is 5470. The Morgan fingerprint density at radius 3 is 1.30 bits per heavy atom. The van der Waals surface area contributed by atoms with Crippen molar-refractivity contribution in [1.82, 2.24) is 35.2 Å². The lowest BCUT2D eigenvalue weighted by atomic mass is 10.0. The Hall–Kier alpha value is -9.82. The largest absolute Gasteiger partial charge is 0.478 e. The average molecular weight is 1500 g/mol. The molecular weight excluding hydrogens is 1430 g/mol. The number of hydrogen-bond acceptors (Lipinski definition) is 19. The molecule has 29 heteroatoms. The lowest BCUT2D eigenvalue weighted by Crippen LogP contribution is -2.34. The number of carbonyl (C=O) groups is 2. The van der Waals surface area contributed by atoms with Gasteiger partial charge in [-0.3, -0.25) is 13.9 Å². The highest BCUT2D eigenvalue weighted by atomic mass is 35.5. The van der Waals surface area contributed by atoms with Crippen LogP contribution >= 0.6 is 23.2 Å². The van der Waals surface area contributed by atoms with Gasteiger partial charge in [-0.2, -0.15) is 26.8 Å². The predicted molar refractivity (Wildman–Crippen MR) is 392 cm³/mol. The normalized spacial score (nSPS) is 19.8.